The third kappa shape index (κ3) is 3.67. The maximum atomic E-state index is 11.9. The standard InChI is InChI=1S/C13H25N3O2/c14-13(5-10-18-11-13)12(17)15-6-4-9-16-7-2-1-3-8-16/h1-11,14H2,(H,15,17). The molecule has 5 heteroatoms. The van der Waals surface area contributed by atoms with E-state index in [1.807, 2.05) is 0 Å². The highest BCUT2D eigenvalue weighted by Gasteiger charge is 2.37. The molecule has 1 amide bonds. The maximum absolute atomic E-state index is 11.9. The van der Waals surface area contributed by atoms with Gasteiger partial charge in [0.2, 0.25) is 5.91 Å². The topological polar surface area (TPSA) is 67.6 Å². The van der Waals surface area contributed by atoms with Crippen LogP contribution in [-0.2, 0) is 9.53 Å². The molecular formula is C13H25N3O2. The number of likely N-dealkylation sites (tertiary alicyclic amines) is 1. The molecule has 0 spiro atoms. The number of amides is 1. The smallest absolute Gasteiger partial charge is 0.242 e. The molecule has 0 aliphatic carbocycles. The summed E-state index contributed by atoms with van der Waals surface area (Å²) in [6.07, 6.45) is 5.63. The molecule has 104 valence electrons. The predicted molar refractivity (Wildman–Crippen MR) is 70.3 cm³/mol. The van der Waals surface area contributed by atoms with Gasteiger partial charge in [0.1, 0.15) is 5.54 Å². The molecule has 2 saturated heterocycles. The van der Waals surface area contributed by atoms with Crippen LogP contribution in [0.5, 0.6) is 0 Å². The summed E-state index contributed by atoms with van der Waals surface area (Å²) in [5.41, 5.74) is 5.19. The highest BCUT2D eigenvalue weighted by Crippen LogP contribution is 2.15. The molecule has 1 unspecified atom stereocenters. The van der Waals surface area contributed by atoms with Crippen molar-refractivity contribution >= 4 is 5.91 Å². The minimum Gasteiger partial charge on any atom is -0.379 e. The molecule has 2 fully saturated rings. The van der Waals surface area contributed by atoms with Crippen LogP contribution in [0.4, 0.5) is 0 Å². The fourth-order valence-electron chi connectivity index (χ4n) is 2.62. The number of hydrogen-bond acceptors (Lipinski definition) is 4. The zero-order chi connectivity index (χ0) is 12.8. The first-order valence-electron chi connectivity index (χ1n) is 7.08. The third-order valence-electron chi connectivity index (χ3n) is 3.89. The Morgan fingerprint density at radius 2 is 2.11 bits per heavy atom. The Hall–Kier alpha value is -0.650. The summed E-state index contributed by atoms with van der Waals surface area (Å²) in [7, 11) is 0. The minimum atomic E-state index is -0.787. The van der Waals surface area contributed by atoms with E-state index in [1.54, 1.807) is 0 Å². The Balaban J connectivity index is 1.58. The number of rotatable bonds is 5. The van der Waals surface area contributed by atoms with Crippen LogP contribution < -0.4 is 11.1 Å². The zero-order valence-electron chi connectivity index (χ0n) is 11.1. The van der Waals surface area contributed by atoms with Crippen molar-refractivity contribution in [1.82, 2.24) is 10.2 Å². The van der Waals surface area contributed by atoms with Crippen LogP contribution in [0.25, 0.3) is 0 Å². The quantitative estimate of drug-likeness (QED) is 0.684. The molecule has 0 bridgehead atoms. The van der Waals surface area contributed by atoms with E-state index in [0.29, 0.717) is 26.2 Å². The number of hydrogen-bond donors (Lipinski definition) is 2. The van der Waals surface area contributed by atoms with Crippen LogP contribution in [0.3, 0.4) is 0 Å². The SMILES string of the molecule is NC1(C(=O)NCCCN2CCCCC2)CCOC1. The summed E-state index contributed by atoms with van der Waals surface area (Å²) in [5, 5.41) is 2.93. The second kappa shape index (κ2) is 6.50. The number of carbonyl (C=O) groups is 1. The Kier molecular flexibility index (Phi) is 4.97. The van der Waals surface area contributed by atoms with Crippen LogP contribution in [0.15, 0.2) is 0 Å². The number of nitrogens with zero attached hydrogens (tertiary/aromatic N) is 1. The van der Waals surface area contributed by atoms with Crippen molar-refractivity contribution < 1.29 is 9.53 Å². The number of ether oxygens (including phenoxy) is 1. The van der Waals surface area contributed by atoms with Gasteiger partial charge in [-0.2, -0.15) is 0 Å². The van der Waals surface area contributed by atoms with E-state index in [9.17, 15) is 4.79 Å². The molecule has 2 rings (SSSR count). The van der Waals surface area contributed by atoms with Gasteiger partial charge in [-0.3, -0.25) is 4.79 Å². The lowest BCUT2D eigenvalue weighted by Crippen LogP contribution is -2.54. The lowest BCUT2D eigenvalue weighted by molar-refractivity contribution is -0.126. The largest absolute Gasteiger partial charge is 0.379 e. The average Bonchev–Trinajstić information content (AvgIpc) is 2.84. The molecule has 18 heavy (non-hydrogen) atoms. The van der Waals surface area contributed by atoms with Gasteiger partial charge < -0.3 is 20.7 Å². The van der Waals surface area contributed by atoms with Crippen LogP contribution in [0, 0.1) is 0 Å². The van der Waals surface area contributed by atoms with Gasteiger partial charge in [0.15, 0.2) is 0 Å². The van der Waals surface area contributed by atoms with E-state index in [4.69, 9.17) is 10.5 Å². The Labute approximate surface area is 109 Å². The number of nitrogens with one attached hydrogen (secondary N) is 1. The molecule has 0 radical (unpaired) electrons. The second-order valence-corrected chi connectivity index (χ2v) is 5.47. The van der Waals surface area contributed by atoms with Crippen LogP contribution in [0.1, 0.15) is 32.1 Å². The monoisotopic (exact) mass is 255 g/mol. The van der Waals surface area contributed by atoms with Gasteiger partial charge in [0.25, 0.3) is 0 Å². The summed E-state index contributed by atoms with van der Waals surface area (Å²) in [6, 6.07) is 0. The molecule has 1 atom stereocenters. The van der Waals surface area contributed by atoms with E-state index in [0.717, 1.165) is 13.0 Å². The van der Waals surface area contributed by atoms with Gasteiger partial charge in [-0.25, -0.2) is 0 Å². The van der Waals surface area contributed by atoms with Crippen molar-refractivity contribution in [1.29, 1.82) is 0 Å². The Bertz CT molecular complexity index is 271. The lowest BCUT2D eigenvalue weighted by Gasteiger charge is -2.26. The molecule has 0 aromatic carbocycles. The zero-order valence-corrected chi connectivity index (χ0v) is 11.1. The predicted octanol–water partition coefficient (Wildman–Crippen LogP) is 0.0964. The van der Waals surface area contributed by atoms with Crippen molar-refractivity contribution in [3.05, 3.63) is 0 Å². The summed E-state index contributed by atoms with van der Waals surface area (Å²) < 4.78 is 5.19. The normalized spacial score (nSPS) is 29.4. The molecule has 0 saturated carbocycles. The van der Waals surface area contributed by atoms with Crippen LogP contribution >= 0.6 is 0 Å². The Morgan fingerprint density at radius 1 is 1.33 bits per heavy atom. The highest BCUT2D eigenvalue weighted by molar-refractivity contribution is 5.86. The summed E-state index contributed by atoms with van der Waals surface area (Å²) >= 11 is 0. The van der Waals surface area contributed by atoms with Gasteiger partial charge in [-0.1, -0.05) is 6.42 Å². The Morgan fingerprint density at radius 3 is 2.78 bits per heavy atom. The molecule has 2 aliphatic heterocycles. The van der Waals surface area contributed by atoms with Gasteiger partial charge in [0, 0.05) is 13.2 Å². The van der Waals surface area contributed by atoms with E-state index in [1.165, 1.54) is 32.4 Å². The van der Waals surface area contributed by atoms with Gasteiger partial charge in [0.05, 0.1) is 6.61 Å². The summed E-state index contributed by atoms with van der Waals surface area (Å²) in [6.45, 7) is 5.16. The summed E-state index contributed by atoms with van der Waals surface area (Å²) in [5.74, 6) is -0.0568. The average molecular weight is 255 g/mol. The first-order valence-corrected chi connectivity index (χ1v) is 7.08. The van der Waals surface area contributed by atoms with Crippen LogP contribution in [0.2, 0.25) is 0 Å². The molecule has 0 aromatic heterocycles. The maximum Gasteiger partial charge on any atom is 0.242 e. The highest BCUT2D eigenvalue weighted by atomic mass is 16.5. The fraction of sp³-hybridized carbons (Fsp3) is 0.923. The molecular weight excluding hydrogens is 230 g/mol. The fourth-order valence-corrected chi connectivity index (χ4v) is 2.62. The lowest BCUT2D eigenvalue weighted by atomic mass is 9.99. The van der Waals surface area contributed by atoms with Crippen molar-refractivity contribution in [2.45, 2.75) is 37.6 Å². The first kappa shape index (κ1) is 13.8. The van der Waals surface area contributed by atoms with Crippen molar-refractivity contribution in [3.8, 4) is 0 Å². The number of nitrogens with two attached hydrogens (primary N) is 1. The van der Waals surface area contributed by atoms with Gasteiger partial charge in [-0.15, -0.1) is 0 Å². The van der Waals surface area contributed by atoms with E-state index < -0.39 is 5.54 Å². The minimum absolute atomic E-state index is 0.0568. The molecule has 5 nitrogen and oxygen atoms in total. The number of piperidine rings is 1. The molecule has 2 heterocycles. The van der Waals surface area contributed by atoms with Gasteiger partial charge >= 0.3 is 0 Å². The summed E-state index contributed by atoms with van der Waals surface area (Å²) in [4.78, 5) is 14.4. The van der Waals surface area contributed by atoms with Gasteiger partial charge in [-0.05, 0) is 45.3 Å². The first-order chi connectivity index (χ1) is 8.71. The third-order valence-corrected chi connectivity index (χ3v) is 3.89. The van der Waals surface area contributed by atoms with Crippen molar-refractivity contribution in [3.63, 3.8) is 0 Å². The van der Waals surface area contributed by atoms with Crippen molar-refractivity contribution in [2.24, 2.45) is 5.73 Å². The molecule has 2 aliphatic rings. The second-order valence-electron chi connectivity index (χ2n) is 5.47. The van der Waals surface area contributed by atoms with Crippen LogP contribution in [-0.4, -0.2) is 55.7 Å². The number of carbonyl (C=O) groups excluding carboxylic acids is 1. The van der Waals surface area contributed by atoms with E-state index >= 15 is 0 Å². The van der Waals surface area contributed by atoms with Crippen molar-refractivity contribution in [2.75, 3.05) is 39.4 Å². The van der Waals surface area contributed by atoms with E-state index in [-0.39, 0.29) is 5.91 Å². The molecule has 0 aromatic rings. The van der Waals surface area contributed by atoms with E-state index in [2.05, 4.69) is 10.2 Å². The molecule has 3 N–H and O–H groups in total.